The van der Waals surface area contributed by atoms with E-state index in [4.69, 9.17) is 0 Å². The molecule has 0 aliphatic carbocycles. The topological polar surface area (TPSA) is 17.8 Å². The Morgan fingerprint density at radius 2 is 2.12 bits per heavy atom. The quantitative estimate of drug-likeness (QED) is 0.796. The second-order valence-corrected chi connectivity index (χ2v) is 4.33. The van der Waals surface area contributed by atoms with Gasteiger partial charge < -0.3 is 0 Å². The molecule has 0 aliphatic rings. The van der Waals surface area contributed by atoms with Gasteiger partial charge in [0.1, 0.15) is 6.54 Å². The van der Waals surface area contributed by atoms with Crippen molar-refractivity contribution >= 4 is 10.9 Å². The summed E-state index contributed by atoms with van der Waals surface area (Å²) in [6.07, 6.45) is 1.40. The third kappa shape index (κ3) is 2.62. The van der Waals surface area contributed by atoms with Crippen molar-refractivity contribution in [1.29, 1.82) is 0 Å². The van der Waals surface area contributed by atoms with Gasteiger partial charge in [0.05, 0.1) is 5.52 Å². The molecule has 1 aromatic carbocycles. The fraction of sp³-hybridized carbons (Fsp3) is 0.462. The summed E-state index contributed by atoms with van der Waals surface area (Å²) in [5, 5.41) is 5.11. The largest absolute Gasteiger partial charge is 0.266 e. The minimum atomic E-state index is -2.36. The van der Waals surface area contributed by atoms with Crippen LogP contribution < -0.4 is 0 Å². The number of hydrogen-bond acceptors (Lipinski definition) is 1. The zero-order valence-electron chi connectivity index (χ0n) is 10.1. The van der Waals surface area contributed by atoms with Gasteiger partial charge in [-0.25, -0.2) is 8.78 Å². The van der Waals surface area contributed by atoms with Gasteiger partial charge in [0.25, 0.3) is 6.43 Å². The zero-order valence-corrected chi connectivity index (χ0v) is 10.1. The number of halogens is 2. The van der Waals surface area contributed by atoms with Crippen molar-refractivity contribution in [3.05, 3.63) is 29.5 Å². The van der Waals surface area contributed by atoms with Gasteiger partial charge in [-0.1, -0.05) is 13.3 Å². The molecule has 4 heteroatoms. The highest BCUT2D eigenvalue weighted by Crippen LogP contribution is 2.20. The molecule has 0 fully saturated rings. The Balaban J connectivity index is 2.39. The Hall–Kier alpha value is -1.45. The monoisotopic (exact) mass is 238 g/mol. The molecule has 0 aliphatic heterocycles. The van der Waals surface area contributed by atoms with Crippen LogP contribution in [0, 0.1) is 6.92 Å². The molecule has 92 valence electrons. The number of aryl methyl sites for hydroxylation is 2. The van der Waals surface area contributed by atoms with Crippen molar-refractivity contribution in [2.45, 2.75) is 39.7 Å². The number of hydrogen-bond donors (Lipinski definition) is 0. The highest BCUT2D eigenvalue weighted by atomic mass is 19.3. The smallest absolute Gasteiger partial charge is 0.257 e. The molecular formula is C13H16F2N2. The average Bonchev–Trinajstić information content (AvgIpc) is 2.59. The molecule has 2 nitrogen and oxygen atoms in total. The van der Waals surface area contributed by atoms with Crippen LogP contribution in [0.5, 0.6) is 0 Å². The second-order valence-electron chi connectivity index (χ2n) is 4.33. The summed E-state index contributed by atoms with van der Waals surface area (Å²) < 4.78 is 25.9. The van der Waals surface area contributed by atoms with Crippen molar-refractivity contribution in [2.24, 2.45) is 0 Å². The predicted octanol–water partition coefficient (Wildman–Crippen LogP) is 3.56. The maximum atomic E-state index is 12.3. The molecule has 2 rings (SSSR count). The molecular weight excluding hydrogens is 222 g/mol. The van der Waals surface area contributed by atoms with Crippen molar-refractivity contribution in [1.82, 2.24) is 9.78 Å². The second kappa shape index (κ2) is 4.82. The molecule has 0 saturated heterocycles. The SMILES string of the molecule is CCCc1cc2nn(CC(F)F)cc2cc1C. The summed E-state index contributed by atoms with van der Waals surface area (Å²) in [6, 6.07) is 4.03. The molecule has 0 amide bonds. The molecule has 2 aromatic rings. The van der Waals surface area contributed by atoms with Crippen molar-refractivity contribution < 1.29 is 8.78 Å². The van der Waals surface area contributed by atoms with Crippen molar-refractivity contribution in [3.8, 4) is 0 Å². The number of alkyl halides is 2. The van der Waals surface area contributed by atoms with Crippen LogP contribution in [-0.2, 0) is 13.0 Å². The van der Waals surface area contributed by atoms with E-state index in [9.17, 15) is 8.78 Å². The first kappa shape index (κ1) is 12.0. The van der Waals surface area contributed by atoms with E-state index in [1.165, 1.54) is 15.8 Å². The lowest BCUT2D eigenvalue weighted by Crippen LogP contribution is -2.06. The summed E-state index contributed by atoms with van der Waals surface area (Å²) in [5.41, 5.74) is 3.26. The first-order valence-electron chi connectivity index (χ1n) is 5.85. The number of fused-ring (bicyclic) bond motifs is 1. The van der Waals surface area contributed by atoms with Gasteiger partial charge in [-0.3, -0.25) is 4.68 Å². The summed E-state index contributed by atoms with van der Waals surface area (Å²) in [4.78, 5) is 0. The zero-order chi connectivity index (χ0) is 12.4. The highest BCUT2D eigenvalue weighted by Gasteiger charge is 2.08. The van der Waals surface area contributed by atoms with Crippen LogP contribution in [0.25, 0.3) is 10.9 Å². The third-order valence-corrected chi connectivity index (χ3v) is 2.85. The lowest BCUT2D eigenvalue weighted by molar-refractivity contribution is 0.122. The Bertz CT molecular complexity index is 517. The number of aromatic nitrogens is 2. The predicted molar refractivity (Wildman–Crippen MR) is 64.5 cm³/mol. The molecule has 0 unspecified atom stereocenters. The van der Waals surface area contributed by atoms with E-state index in [2.05, 4.69) is 18.9 Å². The maximum absolute atomic E-state index is 12.3. The van der Waals surface area contributed by atoms with Gasteiger partial charge in [-0.05, 0) is 36.6 Å². The normalized spacial score (nSPS) is 11.6. The van der Waals surface area contributed by atoms with E-state index in [0.29, 0.717) is 0 Å². The van der Waals surface area contributed by atoms with Crippen LogP contribution in [0.2, 0.25) is 0 Å². The van der Waals surface area contributed by atoms with E-state index >= 15 is 0 Å². The van der Waals surface area contributed by atoms with Gasteiger partial charge in [-0.2, -0.15) is 5.10 Å². The van der Waals surface area contributed by atoms with Gasteiger partial charge in [-0.15, -0.1) is 0 Å². The van der Waals surface area contributed by atoms with E-state index in [1.807, 2.05) is 12.1 Å². The Labute approximate surface area is 99.2 Å². The first-order chi connectivity index (χ1) is 8.10. The highest BCUT2D eigenvalue weighted by molar-refractivity contribution is 5.79. The molecule has 0 bridgehead atoms. The molecule has 0 saturated carbocycles. The number of nitrogens with zero attached hydrogens (tertiary/aromatic N) is 2. The standard InChI is InChI=1S/C13H16F2N2/c1-3-4-10-6-12-11(5-9(10)2)7-17(16-12)8-13(14)15/h5-7,13H,3-4,8H2,1-2H3. The average molecular weight is 238 g/mol. The minimum absolute atomic E-state index is 0.336. The van der Waals surface area contributed by atoms with Crippen LogP contribution in [-0.4, -0.2) is 16.2 Å². The van der Waals surface area contributed by atoms with Gasteiger partial charge >= 0.3 is 0 Å². The first-order valence-corrected chi connectivity index (χ1v) is 5.85. The Kier molecular flexibility index (Phi) is 3.41. The van der Waals surface area contributed by atoms with Gasteiger partial charge in [0, 0.05) is 11.6 Å². The van der Waals surface area contributed by atoms with E-state index in [1.54, 1.807) is 6.20 Å². The summed E-state index contributed by atoms with van der Waals surface area (Å²) in [5.74, 6) is 0. The van der Waals surface area contributed by atoms with Crippen LogP contribution in [0.15, 0.2) is 18.3 Å². The molecule has 0 spiro atoms. The van der Waals surface area contributed by atoms with Crippen LogP contribution in [0.4, 0.5) is 8.78 Å². The summed E-state index contributed by atoms with van der Waals surface area (Å²) >= 11 is 0. The Morgan fingerprint density at radius 1 is 1.35 bits per heavy atom. The molecule has 1 heterocycles. The number of rotatable bonds is 4. The van der Waals surface area contributed by atoms with Gasteiger partial charge in [0.2, 0.25) is 0 Å². The van der Waals surface area contributed by atoms with E-state index in [-0.39, 0.29) is 6.54 Å². The molecule has 0 radical (unpaired) electrons. The van der Waals surface area contributed by atoms with Gasteiger partial charge in [0.15, 0.2) is 0 Å². The fourth-order valence-corrected chi connectivity index (χ4v) is 2.05. The maximum Gasteiger partial charge on any atom is 0.257 e. The fourth-order valence-electron chi connectivity index (χ4n) is 2.05. The van der Waals surface area contributed by atoms with Crippen molar-refractivity contribution in [2.75, 3.05) is 0 Å². The van der Waals surface area contributed by atoms with Crippen molar-refractivity contribution in [3.63, 3.8) is 0 Å². The van der Waals surface area contributed by atoms with Crippen LogP contribution >= 0.6 is 0 Å². The summed E-state index contributed by atoms with van der Waals surface area (Å²) in [7, 11) is 0. The van der Waals surface area contributed by atoms with E-state index in [0.717, 1.165) is 23.7 Å². The van der Waals surface area contributed by atoms with Crippen LogP contribution in [0.1, 0.15) is 24.5 Å². The molecule has 17 heavy (non-hydrogen) atoms. The lowest BCUT2D eigenvalue weighted by Gasteiger charge is -2.03. The molecule has 1 aromatic heterocycles. The third-order valence-electron chi connectivity index (χ3n) is 2.85. The molecule has 0 atom stereocenters. The number of benzene rings is 1. The Morgan fingerprint density at radius 3 is 2.76 bits per heavy atom. The lowest BCUT2D eigenvalue weighted by atomic mass is 10.0. The van der Waals surface area contributed by atoms with Crippen LogP contribution in [0.3, 0.4) is 0 Å². The molecule has 0 N–H and O–H groups in total. The van der Waals surface area contributed by atoms with E-state index < -0.39 is 6.43 Å². The summed E-state index contributed by atoms with van der Waals surface area (Å²) in [6.45, 7) is 3.84. The minimum Gasteiger partial charge on any atom is -0.266 e.